The lowest BCUT2D eigenvalue weighted by atomic mass is 9.88. The summed E-state index contributed by atoms with van der Waals surface area (Å²) in [4.78, 5) is 0. The van der Waals surface area contributed by atoms with Gasteiger partial charge in [0.2, 0.25) is 0 Å². The van der Waals surface area contributed by atoms with E-state index in [2.05, 4.69) is 56.5 Å². The Balaban J connectivity index is 1.74. The minimum absolute atomic E-state index is 0.0492. The van der Waals surface area contributed by atoms with Crippen LogP contribution in [0.15, 0.2) is 0 Å². The number of fused-ring (bicyclic) bond motifs is 2. The first-order valence-corrected chi connectivity index (χ1v) is 8.61. The van der Waals surface area contributed by atoms with Crippen molar-refractivity contribution >= 4 is 0 Å². The average Bonchev–Trinajstić information content (AvgIpc) is 2.75. The summed E-state index contributed by atoms with van der Waals surface area (Å²) in [6.07, 6.45) is 6.34. The van der Waals surface area contributed by atoms with Crippen LogP contribution >= 0.6 is 0 Å². The zero-order chi connectivity index (χ0) is 15.4. The van der Waals surface area contributed by atoms with E-state index < -0.39 is 0 Å². The third-order valence-electron chi connectivity index (χ3n) is 5.27. The van der Waals surface area contributed by atoms with E-state index >= 15 is 0 Å². The largest absolute Gasteiger partial charge is 0.244 e. The smallest absolute Gasteiger partial charge is 0.0859 e. The molecule has 0 amide bonds. The molecule has 1 aromatic heterocycles. The molecule has 0 spiro atoms. The van der Waals surface area contributed by atoms with Crippen molar-refractivity contribution in [2.75, 3.05) is 0 Å². The lowest BCUT2D eigenvalue weighted by Gasteiger charge is -2.22. The highest BCUT2D eigenvalue weighted by Gasteiger charge is 2.50. The molecule has 0 radical (unpaired) electrons. The molecule has 3 nitrogen and oxygen atoms in total. The first-order chi connectivity index (χ1) is 9.67. The van der Waals surface area contributed by atoms with Gasteiger partial charge in [0.1, 0.15) is 0 Å². The van der Waals surface area contributed by atoms with Gasteiger partial charge in [-0.15, -0.1) is 5.10 Å². The molecule has 0 aliphatic heterocycles. The van der Waals surface area contributed by atoms with Gasteiger partial charge in [-0.2, -0.15) is 0 Å². The SMILES string of the molecule is CC(C)(C)CC1C2CCc3nnn(C(C)(C)C)c3CCC21. The minimum atomic E-state index is 0.0492. The molecule has 0 aromatic carbocycles. The zero-order valence-corrected chi connectivity index (χ0v) is 14.6. The van der Waals surface area contributed by atoms with Crippen LogP contribution in [0.2, 0.25) is 0 Å². The summed E-state index contributed by atoms with van der Waals surface area (Å²) in [5.74, 6) is 2.88. The predicted molar refractivity (Wildman–Crippen MR) is 86.2 cm³/mol. The van der Waals surface area contributed by atoms with Gasteiger partial charge >= 0.3 is 0 Å². The Morgan fingerprint density at radius 1 is 1.00 bits per heavy atom. The summed E-state index contributed by atoms with van der Waals surface area (Å²) in [6, 6.07) is 0. The van der Waals surface area contributed by atoms with E-state index in [0.717, 1.165) is 24.2 Å². The lowest BCUT2D eigenvalue weighted by molar-refractivity contribution is 0.329. The van der Waals surface area contributed by atoms with Gasteiger partial charge in [0.05, 0.1) is 16.9 Å². The van der Waals surface area contributed by atoms with Gasteiger partial charge in [0.15, 0.2) is 0 Å². The highest BCUT2D eigenvalue weighted by molar-refractivity contribution is 5.16. The molecular weight excluding hydrogens is 258 g/mol. The van der Waals surface area contributed by atoms with Gasteiger partial charge < -0.3 is 0 Å². The van der Waals surface area contributed by atoms with Crippen LogP contribution in [0.5, 0.6) is 0 Å². The molecule has 1 heterocycles. The summed E-state index contributed by atoms with van der Waals surface area (Å²) in [5, 5.41) is 8.93. The minimum Gasteiger partial charge on any atom is -0.244 e. The van der Waals surface area contributed by atoms with Gasteiger partial charge in [-0.05, 0) is 76.0 Å². The monoisotopic (exact) mass is 289 g/mol. The highest BCUT2D eigenvalue weighted by atomic mass is 15.5. The molecule has 2 aliphatic carbocycles. The molecule has 1 saturated carbocycles. The fourth-order valence-electron chi connectivity index (χ4n) is 4.31. The van der Waals surface area contributed by atoms with Crippen molar-refractivity contribution in [1.29, 1.82) is 0 Å². The first kappa shape index (κ1) is 15.1. The van der Waals surface area contributed by atoms with E-state index in [1.807, 2.05) is 0 Å². The number of aryl methyl sites for hydroxylation is 1. The Kier molecular flexibility index (Phi) is 3.46. The molecule has 1 fully saturated rings. The molecule has 0 N–H and O–H groups in total. The fourth-order valence-corrected chi connectivity index (χ4v) is 4.31. The molecule has 118 valence electrons. The van der Waals surface area contributed by atoms with Crippen molar-refractivity contribution in [2.45, 2.75) is 79.2 Å². The van der Waals surface area contributed by atoms with Crippen molar-refractivity contribution in [3.05, 3.63) is 11.4 Å². The molecule has 0 saturated heterocycles. The second-order valence-electron chi connectivity index (χ2n) is 9.40. The van der Waals surface area contributed by atoms with E-state index in [9.17, 15) is 0 Å². The van der Waals surface area contributed by atoms with Crippen LogP contribution in [0.1, 0.15) is 72.2 Å². The summed E-state index contributed by atoms with van der Waals surface area (Å²) >= 11 is 0. The number of rotatable bonds is 1. The summed E-state index contributed by atoms with van der Waals surface area (Å²) < 4.78 is 2.17. The van der Waals surface area contributed by atoms with E-state index in [-0.39, 0.29) is 5.54 Å². The second-order valence-corrected chi connectivity index (χ2v) is 9.40. The van der Waals surface area contributed by atoms with Crippen molar-refractivity contribution in [1.82, 2.24) is 15.0 Å². The van der Waals surface area contributed by atoms with Crippen molar-refractivity contribution in [2.24, 2.45) is 23.2 Å². The molecule has 2 aliphatic rings. The number of hydrogen-bond acceptors (Lipinski definition) is 2. The summed E-state index contributed by atoms with van der Waals surface area (Å²) in [6.45, 7) is 13.8. The van der Waals surface area contributed by atoms with Crippen LogP contribution in [0, 0.1) is 23.2 Å². The molecular formula is C18H31N3. The maximum atomic E-state index is 4.49. The fraction of sp³-hybridized carbons (Fsp3) is 0.889. The molecule has 21 heavy (non-hydrogen) atoms. The summed E-state index contributed by atoms with van der Waals surface area (Å²) in [5.41, 5.74) is 3.19. The Morgan fingerprint density at radius 3 is 2.19 bits per heavy atom. The van der Waals surface area contributed by atoms with Crippen LogP contribution in [0.4, 0.5) is 0 Å². The van der Waals surface area contributed by atoms with E-state index in [1.165, 1.54) is 37.1 Å². The summed E-state index contributed by atoms with van der Waals surface area (Å²) in [7, 11) is 0. The normalized spacial score (nSPS) is 29.3. The Bertz CT molecular complexity index is 516. The average molecular weight is 289 g/mol. The molecule has 0 bridgehead atoms. The Labute approximate surface area is 129 Å². The molecule has 1 aromatic rings. The number of nitrogens with zero attached hydrogens (tertiary/aromatic N) is 3. The van der Waals surface area contributed by atoms with Crippen LogP contribution in [0.3, 0.4) is 0 Å². The molecule has 3 unspecified atom stereocenters. The van der Waals surface area contributed by atoms with Gasteiger partial charge in [-0.1, -0.05) is 26.0 Å². The number of hydrogen-bond donors (Lipinski definition) is 0. The third-order valence-corrected chi connectivity index (χ3v) is 5.27. The van der Waals surface area contributed by atoms with Crippen LogP contribution in [0.25, 0.3) is 0 Å². The molecule has 3 atom stereocenters. The van der Waals surface area contributed by atoms with E-state index in [1.54, 1.807) is 0 Å². The van der Waals surface area contributed by atoms with Crippen molar-refractivity contribution < 1.29 is 0 Å². The van der Waals surface area contributed by atoms with E-state index in [4.69, 9.17) is 0 Å². The molecule has 3 heteroatoms. The zero-order valence-electron chi connectivity index (χ0n) is 14.6. The number of aromatic nitrogens is 3. The van der Waals surface area contributed by atoms with Gasteiger partial charge in [-0.25, -0.2) is 4.68 Å². The predicted octanol–water partition coefficient (Wildman–Crippen LogP) is 4.21. The van der Waals surface area contributed by atoms with Crippen molar-refractivity contribution in [3.8, 4) is 0 Å². The van der Waals surface area contributed by atoms with E-state index in [0.29, 0.717) is 5.41 Å². The maximum absolute atomic E-state index is 4.49. The molecule has 3 rings (SSSR count). The van der Waals surface area contributed by atoms with Crippen LogP contribution < -0.4 is 0 Å². The topological polar surface area (TPSA) is 30.7 Å². The van der Waals surface area contributed by atoms with Gasteiger partial charge in [-0.3, -0.25) is 0 Å². The second kappa shape index (κ2) is 4.82. The third kappa shape index (κ3) is 3.02. The Morgan fingerprint density at radius 2 is 1.62 bits per heavy atom. The lowest BCUT2D eigenvalue weighted by Crippen LogP contribution is -2.26. The van der Waals surface area contributed by atoms with Gasteiger partial charge in [0.25, 0.3) is 0 Å². The van der Waals surface area contributed by atoms with Crippen LogP contribution in [-0.4, -0.2) is 15.0 Å². The standard InChI is InChI=1S/C18H31N3/c1-17(2,3)11-14-12-7-9-15-16(10-8-13(12)14)21(20-19-15)18(4,5)6/h12-14H,7-11H2,1-6H3. The van der Waals surface area contributed by atoms with Crippen molar-refractivity contribution in [3.63, 3.8) is 0 Å². The Hall–Kier alpha value is -0.860. The van der Waals surface area contributed by atoms with Crippen LogP contribution in [-0.2, 0) is 18.4 Å². The highest BCUT2D eigenvalue weighted by Crippen LogP contribution is 2.57. The van der Waals surface area contributed by atoms with Gasteiger partial charge in [0, 0.05) is 0 Å². The first-order valence-electron chi connectivity index (χ1n) is 8.61. The quantitative estimate of drug-likeness (QED) is 0.775. The maximum Gasteiger partial charge on any atom is 0.0859 e.